The standard InChI is InChI=1S/C20H25N3O4/c1-23(2)12-16(14-7-5-4-6-8-14)22-20(25)15-9-10-17(18(11-15)26-3)27-13-19(21)24/h4-11,16H,12-13H2,1-3H3,(H2,21,24)(H,22,25)/t16-/m0/s1. The van der Waals surface area contributed by atoms with Crippen molar-refractivity contribution < 1.29 is 19.1 Å². The summed E-state index contributed by atoms with van der Waals surface area (Å²) in [5.41, 5.74) is 6.54. The highest BCUT2D eigenvalue weighted by Gasteiger charge is 2.18. The van der Waals surface area contributed by atoms with E-state index in [0.29, 0.717) is 23.6 Å². The molecule has 0 saturated heterocycles. The van der Waals surface area contributed by atoms with Crippen molar-refractivity contribution >= 4 is 11.8 Å². The van der Waals surface area contributed by atoms with Gasteiger partial charge in [-0.1, -0.05) is 30.3 Å². The molecule has 0 spiro atoms. The molecule has 0 unspecified atom stereocenters. The zero-order valence-electron chi connectivity index (χ0n) is 15.8. The number of hydrogen-bond donors (Lipinski definition) is 2. The third-order valence-corrected chi connectivity index (χ3v) is 3.85. The van der Waals surface area contributed by atoms with Crippen molar-refractivity contribution in [3.63, 3.8) is 0 Å². The summed E-state index contributed by atoms with van der Waals surface area (Å²) in [6, 6.07) is 14.4. The summed E-state index contributed by atoms with van der Waals surface area (Å²) in [6.45, 7) is 0.396. The highest BCUT2D eigenvalue weighted by atomic mass is 16.5. The van der Waals surface area contributed by atoms with Crippen LogP contribution in [0.5, 0.6) is 11.5 Å². The normalized spacial score (nSPS) is 11.7. The van der Waals surface area contributed by atoms with E-state index in [0.717, 1.165) is 5.56 Å². The molecule has 7 heteroatoms. The van der Waals surface area contributed by atoms with Gasteiger partial charge in [-0.15, -0.1) is 0 Å². The molecule has 7 nitrogen and oxygen atoms in total. The molecular weight excluding hydrogens is 346 g/mol. The SMILES string of the molecule is COc1cc(C(=O)N[C@@H](CN(C)C)c2ccccc2)ccc1OCC(N)=O. The predicted octanol–water partition coefficient (Wildman–Crippen LogP) is 1.59. The summed E-state index contributed by atoms with van der Waals surface area (Å²) < 4.78 is 10.5. The Morgan fingerprint density at radius 1 is 1.11 bits per heavy atom. The molecule has 1 atom stereocenters. The Hall–Kier alpha value is -3.06. The largest absolute Gasteiger partial charge is 0.493 e. The highest BCUT2D eigenvalue weighted by Crippen LogP contribution is 2.28. The second-order valence-electron chi connectivity index (χ2n) is 6.32. The number of ether oxygens (including phenoxy) is 2. The lowest BCUT2D eigenvalue weighted by atomic mass is 10.1. The van der Waals surface area contributed by atoms with Crippen LogP contribution in [0.1, 0.15) is 22.0 Å². The third-order valence-electron chi connectivity index (χ3n) is 3.85. The van der Waals surface area contributed by atoms with Crippen molar-refractivity contribution in [2.24, 2.45) is 5.73 Å². The quantitative estimate of drug-likeness (QED) is 0.698. The van der Waals surface area contributed by atoms with E-state index in [9.17, 15) is 9.59 Å². The molecule has 0 radical (unpaired) electrons. The van der Waals surface area contributed by atoms with Crippen molar-refractivity contribution in [3.05, 3.63) is 59.7 Å². The number of nitrogens with zero attached hydrogens (tertiary/aromatic N) is 1. The first kappa shape index (κ1) is 20.3. The maximum absolute atomic E-state index is 12.8. The minimum atomic E-state index is -0.590. The van der Waals surface area contributed by atoms with Crippen LogP contribution in [0.3, 0.4) is 0 Å². The predicted molar refractivity (Wildman–Crippen MR) is 103 cm³/mol. The molecule has 2 aromatic carbocycles. The van der Waals surface area contributed by atoms with Gasteiger partial charge >= 0.3 is 0 Å². The van der Waals surface area contributed by atoms with Gasteiger partial charge in [-0.25, -0.2) is 0 Å². The Kier molecular flexibility index (Phi) is 7.19. The lowest BCUT2D eigenvalue weighted by Crippen LogP contribution is -2.35. The topological polar surface area (TPSA) is 93.9 Å². The molecule has 3 N–H and O–H groups in total. The summed E-state index contributed by atoms with van der Waals surface area (Å²) in [7, 11) is 5.37. The Morgan fingerprint density at radius 2 is 1.81 bits per heavy atom. The lowest BCUT2D eigenvalue weighted by Gasteiger charge is -2.23. The first-order valence-electron chi connectivity index (χ1n) is 8.50. The number of rotatable bonds is 9. The minimum Gasteiger partial charge on any atom is -0.493 e. The molecule has 0 aliphatic rings. The van der Waals surface area contributed by atoms with Crippen molar-refractivity contribution in [2.75, 3.05) is 34.4 Å². The molecule has 0 aromatic heterocycles. The molecule has 0 fully saturated rings. The van der Waals surface area contributed by atoms with Gasteiger partial charge in [0.05, 0.1) is 13.2 Å². The second-order valence-corrected chi connectivity index (χ2v) is 6.32. The van der Waals surface area contributed by atoms with Gasteiger partial charge in [0, 0.05) is 12.1 Å². The minimum absolute atomic E-state index is 0.162. The number of amides is 2. The molecule has 2 aromatic rings. The maximum atomic E-state index is 12.8. The molecule has 0 saturated carbocycles. The number of hydrogen-bond acceptors (Lipinski definition) is 5. The lowest BCUT2D eigenvalue weighted by molar-refractivity contribution is -0.119. The van der Waals surface area contributed by atoms with E-state index in [2.05, 4.69) is 5.32 Å². The summed E-state index contributed by atoms with van der Waals surface area (Å²) in [5, 5.41) is 3.05. The smallest absolute Gasteiger partial charge is 0.255 e. The zero-order valence-corrected chi connectivity index (χ0v) is 15.8. The van der Waals surface area contributed by atoms with E-state index in [1.807, 2.05) is 49.3 Å². The number of likely N-dealkylation sites (N-methyl/N-ethyl adjacent to an activating group) is 1. The number of methoxy groups -OCH3 is 1. The van der Waals surface area contributed by atoms with Gasteiger partial charge in [-0.05, 0) is 37.9 Å². The highest BCUT2D eigenvalue weighted by molar-refractivity contribution is 5.95. The zero-order chi connectivity index (χ0) is 19.8. The van der Waals surface area contributed by atoms with Crippen LogP contribution in [0, 0.1) is 0 Å². The molecule has 0 aliphatic heterocycles. The Morgan fingerprint density at radius 3 is 2.41 bits per heavy atom. The summed E-state index contributed by atoms with van der Waals surface area (Å²) in [4.78, 5) is 25.6. The van der Waals surface area contributed by atoms with Crippen LogP contribution in [0.2, 0.25) is 0 Å². The van der Waals surface area contributed by atoms with Gasteiger partial charge < -0.3 is 25.4 Å². The van der Waals surface area contributed by atoms with Crippen LogP contribution in [-0.2, 0) is 4.79 Å². The van der Waals surface area contributed by atoms with Crippen molar-refractivity contribution in [1.82, 2.24) is 10.2 Å². The molecule has 0 heterocycles. The van der Waals surface area contributed by atoms with Crippen LogP contribution in [-0.4, -0.2) is 51.1 Å². The van der Waals surface area contributed by atoms with Crippen LogP contribution in [0.15, 0.2) is 48.5 Å². The van der Waals surface area contributed by atoms with Crippen molar-refractivity contribution in [2.45, 2.75) is 6.04 Å². The van der Waals surface area contributed by atoms with Crippen molar-refractivity contribution in [3.8, 4) is 11.5 Å². The first-order valence-corrected chi connectivity index (χ1v) is 8.50. The van der Waals surface area contributed by atoms with E-state index in [4.69, 9.17) is 15.2 Å². The molecule has 2 amide bonds. The molecule has 2 rings (SSSR count). The number of nitrogens with one attached hydrogen (secondary N) is 1. The van der Waals surface area contributed by atoms with Gasteiger partial charge in [-0.2, -0.15) is 0 Å². The Bertz CT molecular complexity index is 778. The summed E-state index contributed by atoms with van der Waals surface area (Å²) >= 11 is 0. The average Bonchev–Trinajstić information content (AvgIpc) is 2.65. The molecule has 27 heavy (non-hydrogen) atoms. The van der Waals surface area contributed by atoms with Gasteiger partial charge in [0.15, 0.2) is 18.1 Å². The first-order chi connectivity index (χ1) is 12.9. The number of carbonyl (C=O) groups is 2. The maximum Gasteiger partial charge on any atom is 0.255 e. The van der Waals surface area contributed by atoms with Gasteiger partial charge in [-0.3, -0.25) is 9.59 Å². The van der Waals surface area contributed by atoms with E-state index >= 15 is 0 Å². The van der Waals surface area contributed by atoms with E-state index in [1.165, 1.54) is 7.11 Å². The van der Waals surface area contributed by atoms with Gasteiger partial charge in [0.2, 0.25) is 0 Å². The number of carbonyl (C=O) groups excluding carboxylic acids is 2. The molecular formula is C20H25N3O4. The van der Waals surface area contributed by atoms with Crippen LogP contribution < -0.4 is 20.5 Å². The summed E-state index contributed by atoms with van der Waals surface area (Å²) in [5.74, 6) is -0.118. The second kappa shape index (κ2) is 9.59. The molecule has 0 bridgehead atoms. The monoisotopic (exact) mass is 371 g/mol. The van der Waals surface area contributed by atoms with Crippen molar-refractivity contribution in [1.29, 1.82) is 0 Å². The van der Waals surface area contributed by atoms with E-state index in [1.54, 1.807) is 18.2 Å². The number of benzene rings is 2. The van der Waals surface area contributed by atoms with Crippen LogP contribution in [0.4, 0.5) is 0 Å². The number of primary amides is 1. The molecule has 144 valence electrons. The van der Waals surface area contributed by atoms with Crippen LogP contribution in [0.25, 0.3) is 0 Å². The third kappa shape index (κ3) is 6.00. The Labute approximate surface area is 159 Å². The van der Waals surface area contributed by atoms with Crippen LogP contribution >= 0.6 is 0 Å². The fourth-order valence-corrected chi connectivity index (χ4v) is 2.60. The molecule has 0 aliphatic carbocycles. The summed E-state index contributed by atoms with van der Waals surface area (Å²) in [6.07, 6.45) is 0. The fourth-order valence-electron chi connectivity index (χ4n) is 2.60. The van der Waals surface area contributed by atoms with Gasteiger partial charge in [0.1, 0.15) is 0 Å². The van der Waals surface area contributed by atoms with Gasteiger partial charge in [0.25, 0.3) is 11.8 Å². The fraction of sp³-hybridized carbons (Fsp3) is 0.300. The van der Waals surface area contributed by atoms with E-state index in [-0.39, 0.29) is 18.6 Å². The van der Waals surface area contributed by atoms with E-state index < -0.39 is 5.91 Å². The number of nitrogens with two attached hydrogens (primary N) is 1. The Balaban J connectivity index is 2.18. The average molecular weight is 371 g/mol.